The van der Waals surface area contributed by atoms with Gasteiger partial charge in [0.2, 0.25) is 0 Å². The largest absolute Gasteiger partial charge is 0.483 e. The average Bonchev–Trinajstić information content (AvgIpc) is 2.37. The standard InChI is InChI=1S/C14H12BrF2NO/c15-11-3-1-2-9(4-11)8-19-14-12(16)5-10(7-18)6-13(14)17/h1-6H,7-8,18H2. The van der Waals surface area contributed by atoms with Crippen LogP contribution in [-0.4, -0.2) is 0 Å². The van der Waals surface area contributed by atoms with Gasteiger partial charge in [-0.15, -0.1) is 0 Å². The molecule has 5 heteroatoms. The number of benzene rings is 2. The van der Waals surface area contributed by atoms with E-state index in [-0.39, 0.29) is 18.9 Å². The lowest BCUT2D eigenvalue weighted by Crippen LogP contribution is -2.03. The van der Waals surface area contributed by atoms with E-state index < -0.39 is 11.6 Å². The lowest BCUT2D eigenvalue weighted by atomic mass is 10.2. The molecule has 19 heavy (non-hydrogen) atoms. The fourth-order valence-corrected chi connectivity index (χ4v) is 2.10. The molecule has 0 unspecified atom stereocenters. The molecule has 2 aromatic carbocycles. The van der Waals surface area contributed by atoms with E-state index in [0.29, 0.717) is 5.56 Å². The maximum absolute atomic E-state index is 13.7. The van der Waals surface area contributed by atoms with Crippen LogP contribution in [0.25, 0.3) is 0 Å². The van der Waals surface area contributed by atoms with Gasteiger partial charge in [-0.3, -0.25) is 0 Å². The van der Waals surface area contributed by atoms with Crippen LogP contribution in [0, 0.1) is 11.6 Å². The van der Waals surface area contributed by atoms with Gasteiger partial charge in [-0.25, -0.2) is 8.78 Å². The van der Waals surface area contributed by atoms with Crippen LogP contribution in [0.5, 0.6) is 5.75 Å². The zero-order chi connectivity index (χ0) is 13.8. The fraction of sp³-hybridized carbons (Fsp3) is 0.143. The molecule has 2 rings (SSSR count). The van der Waals surface area contributed by atoms with Gasteiger partial charge in [-0.05, 0) is 35.4 Å². The van der Waals surface area contributed by atoms with Gasteiger partial charge in [0.1, 0.15) is 6.61 Å². The summed E-state index contributed by atoms with van der Waals surface area (Å²) in [5.74, 6) is -1.86. The minimum absolute atomic E-state index is 0.0831. The number of ether oxygens (including phenoxy) is 1. The van der Waals surface area contributed by atoms with Gasteiger partial charge < -0.3 is 10.5 Å². The number of hydrogen-bond donors (Lipinski definition) is 1. The molecule has 0 spiro atoms. The quantitative estimate of drug-likeness (QED) is 0.927. The highest BCUT2D eigenvalue weighted by Crippen LogP contribution is 2.24. The van der Waals surface area contributed by atoms with Gasteiger partial charge in [0.05, 0.1) is 0 Å². The molecule has 100 valence electrons. The third kappa shape index (κ3) is 3.52. The van der Waals surface area contributed by atoms with E-state index in [0.717, 1.165) is 10.0 Å². The second kappa shape index (κ2) is 6.12. The van der Waals surface area contributed by atoms with Gasteiger partial charge in [0.25, 0.3) is 0 Å². The van der Waals surface area contributed by atoms with Crippen molar-refractivity contribution in [2.75, 3.05) is 0 Å². The predicted molar refractivity (Wildman–Crippen MR) is 72.7 cm³/mol. The van der Waals surface area contributed by atoms with Crippen molar-refractivity contribution in [1.29, 1.82) is 0 Å². The van der Waals surface area contributed by atoms with Crippen molar-refractivity contribution in [3.63, 3.8) is 0 Å². The molecule has 2 N–H and O–H groups in total. The monoisotopic (exact) mass is 327 g/mol. The molecule has 2 aromatic rings. The maximum atomic E-state index is 13.7. The van der Waals surface area contributed by atoms with Crippen molar-refractivity contribution >= 4 is 15.9 Å². The Balaban J connectivity index is 2.16. The van der Waals surface area contributed by atoms with Crippen LogP contribution >= 0.6 is 15.9 Å². The minimum atomic E-state index is -0.740. The summed E-state index contributed by atoms with van der Waals surface area (Å²) in [7, 11) is 0. The summed E-state index contributed by atoms with van der Waals surface area (Å²) in [5, 5.41) is 0. The van der Waals surface area contributed by atoms with Gasteiger partial charge in [0, 0.05) is 11.0 Å². The van der Waals surface area contributed by atoms with E-state index in [2.05, 4.69) is 15.9 Å². The fourth-order valence-electron chi connectivity index (χ4n) is 1.65. The Bertz CT molecular complexity index is 566. The van der Waals surface area contributed by atoms with Crippen molar-refractivity contribution in [3.05, 3.63) is 63.6 Å². The van der Waals surface area contributed by atoms with Crippen LogP contribution in [0.1, 0.15) is 11.1 Å². The highest BCUT2D eigenvalue weighted by atomic mass is 79.9. The summed E-state index contributed by atoms with van der Waals surface area (Å²) in [4.78, 5) is 0. The van der Waals surface area contributed by atoms with E-state index in [9.17, 15) is 8.78 Å². The van der Waals surface area contributed by atoms with Crippen LogP contribution in [0.4, 0.5) is 8.78 Å². The summed E-state index contributed by atoms with van der Waals surface area (Å²) >= 11 is 3.32. The highest BCUT2D eigenvalue weighted by molar-refractivity contribution is 9.10. The molecule has 0 aliphatic heterocycles. The van der Waals surface area contributed by atoms with Crippen LogP contribution in [-0.2, 0) is 13.2 Å². The molecule has 0 saturated carbocycles. The number of nitrogens with two attached hydrogens (primary N) is 1. The van der Waals surface area contributed by atoms with E-state index >= 15 is 0 Å². The molecular weight excluding hydrogens is 316 g/mol. The first-order valence-corrected chi connectivity index (χ1v) is 6.44. The summed E-state index contributed by atoms with van der Waals surface area (Å²) in [5.41, 5.74) is 6.55. The van der Waals surface area contributed by atoms with Crippen molar-refractivity contribution in [2.24, 2.45) is 5.73 Å². The number of rotatable bonds is 4. The van der Waals surface area contributed by atoms with Gasteiger partial charge in [0.15, 0.2) is 17.4 Å². The Hall–Kier alpha value is -1.46. The molecular formula is C14H12BrF2NO. The van der Waals surface area contributed by atoms with Gasteiger partial charge in [-0.2, -0.15) is 0 Å². The second-order valence-corrected chi connectivity index (χ2v) is 4.93. The van der Waals surface area contributed by atoms with E-state index in [1.807, 2.05) is 24.3 Å². The summed E-state index contributed by atoms with van der Waals surface area (Å²) in [6.45, 7) is 0.176. The van der Waals surface area contributed by atoms with Crippen molar-refractivity contribution in [2.45, 2.75) is 13.2 Å². The summed E-state index contributed by atoms with van der Waals surface area (Å²) < 4.78 is 33.4. The number of hydrogen-bond acceptors (Lipinski definition) is 2. The van der Waals surface area contributed by atoms with E-state index in [1.165, 1.54) is 12.1 Å². The van der Waals surface area contributed by atoms with Crippen LogP contribution in [0.2, 0.25) is 0 Å². The van der Waals surface area contributed by atoms with Crippen molar-refractivity contribution in [3.8, 4) is 5.75 Å². The Kier molecular flexibility index (Phi) is 4.50. The molecule has 0 aromatic heterocycles. The first-order valence-electron chi connectivity index (χ1n) is 5.65. The molecule has 0 atom stereocenters. The molecule has 0 aliphatic carbocycles. The SMILES string of the molecule is NCc1cc(F)c(OCc2cccc(Br)c2)c(F)c1. The summed E-state index contributed by atoms with van der Waals surface area (Å²) in [6, 6.07) is 9.69. The maximum Gasteiger partial charge on any atom is 0.191 e. The summed E-state index contributed by atoms with van der Waals surface area (Å²) in [6.07, 6.45) is 0. The molecule has 0 saturated heterocycles. The van der Waals surface area contributed by atoms with Crippen LogP contribution < -0.4 is 10.5 Å². The first kappa shape index (κ1) is 14.0. The van der Waals surface area contributed by atoms with Crippen LogP contribution in [0.3, 0.4) is 0 Å². The topological polar surface area (TPSA) is 35.2 Å². The normalized spacial score (nSPS) is 10.5. The van der Waals surface area contributed by atoms with Crippen molar-refractivity contribution < 1.29 is 13.5 Å². The highest BCUT2D eigenvalue weighted by Gasteiger charge is 2.12. The predicted octanol–water partition coefficient (Wildman–Crippen LogP) is 3.77. The lowest BCUT2D eigenvalue weighted by Gasteiger charge is -2.10. The second-order valence-electron chi connectivity index (χ2n) is 4.01. The van der Waals surface area contributed by atoms with Crippen LogP contribution in [0.15, 0.2) is 40.9 Å². The van der Waals surface area contributed by atoms with E-state index in [4.69, 9.17) is 10.5 Å². The molecule has 0 fully saturated rings. The van der Waals surface area contributed by atoms with Gasteiger partial charge in [-0.1, -0.05) is 28.1 Å². The Morgan fingerprint density at radius 2 is 1.74 bits per heavy atom. The Labute approximate surface area is 118 Å². The molecule has 0 amide bonds. The lowest BCUT2D eigenvalue weighted by molar-refractivity contribution is 0.274. The minimum Gasteiger partial charge on any atom is -0.483 e. The molecule has 2 nitrogen and oxygen atoms in total. The first-order chi connectivity index (χ1) is 9.10. The zero-order valence-corrected chi connectivity index (χ0v) is 11.6. The van der Waals surface area contributed by atoms with Crippen molar-refractivity contribution in [1.82, 2.24) is 0 Å². The average molecular weight is 328 g/mol. The van der Waals surface area contributed by atoms with Gasteiger partial charge >= 0.3 is 0 Å². The molecule has 0 aliphatic rings. The Morgan fingerprint density at radius 3 is 2.32 bits per heavy atom. The zero-order valence-electron chi connectivity index (χ0n) is 10.00. The molecule has 0 heterocycles. The molecule has 0 radical (unpaired) electrons. The molecule has 0 bridgehead atoms. The third-order valence-corrected chi connectivity index (χ3v) is 3.06. The Morgan fingerprint density at radius 1 is 1.05 bits per heavy atom. The third-order valence-electron chi connectivity index (χ3n) is 2.57. The van der Waals surface area contributed by atoms with E-state index in [1.54, 1.807) is 0 Å². The smallest absolute Gasteiger partial charge is 0.191 e. The number of halogens is 3.